The molecule has 0 N–H and O–H groups in total. The zero-order valence-corrected chi connectivity index (χ0v) is 32.8. The van der Waals surface area contributed by atoms with Crippen LogP contribution in [-0.2, 0) is 38.1 Å². The van der Waals surface area contributed by atoms with Crippen molar-refractivity contribution in [3.8, 4) is 0 Å². The smallest absolute Gasteiger partial charge is 0.325 e. The third kappa shape index (κ3) is 12.9. The fourth-order valence-electron chi connectivity index (χ4n) is 7.18. The van der Waals surface area contributed by atoms with Crippen molar-refractivity contribution in [2.75, 3.05) is 26.4 Å². The van der Waals surface area contributed by atoms with E-state index in [1.54, 1.807) is 0 Å². The van der Waals surface area contributed by atoms with Crippen molar-refractivity contribution in [2.24, 2.45) is 34.5 Å². The minimum Gasteiger partial charge on any atom is -0.465 e. The Hall–Kier alpha value is -2.12. The van der Waals surface area contributed by atoms with Gasteiger partial charge in [0.15, 0.2) is 10.8 Å². The SMILES string of the molecule is CCCCC(CC)COC(=O)C1(C(=O)OCC(CC)CCCC)CCCC1(C(=O)OCC(CC)CCCC)C(=O)OCC(CC)CCCC. The van der Waals surface area contributed by atoms with Gasteiger partial charge in [0.05, 0.1) is 26.4 Å². The standard InChI is InChI=1S/C41H74O8/c1-9-17-22-32(13-5)28-46-36(42)40(37(43)47-29-33(14-6)23-18-10-2)26-21-27-41(40,38(44)48-30-34(15-7)24-19-11-3)39(45)49-31-35(16-8)25-20-12-4/h32-35H,9-31H2,1-8H3. The number of hydrogen-bond acceptors (Lipinski definition) is 8. The molecule has 1 aliphatic rings. The van der Waals surface area contributed by atoms with E-state index in [-0.39, 0.29) is 69.4 Å². The molecule has 1 rings (SSSR count). The predicted molar refractivity (Wildman–Crippen MR) is 196 cm³/mol. The highest BCUT2D eigenvalue weighted by molar-refractivity contribution is 6.15. The van der Waals surface area contributed by atoms with Crippen LogP contribution in [0.5, 0.6) is 0 Å². The largest absolute Gasteiger partial charge is 0.465 e. The third-order valence-electron chi connectivity index (χ3n) is 11.2. The molecule has 0 aromatic heterocycles. The minimum absolute atomic E-state index is 0.0353. The molecule has 1 fully saturated rings. The molecule has 0 saturated heterocycles. The lowest BCUT2D eigenvalue weighted by atomic mass is 9.64. The summed E-state index contributed by atoms with van der Waals surface area (Å²) in [7, 11) is 0. The maximum absolute atomic E-state index is 14.5. The van der Waals surface area contributed by atoms with Gasteiger partial charge in [0.2, 0.25) is 0 Å². The number of rotatable bonds is 28. The highest BCUT2D eigenvalue weighted by Crippen LogP contribution is 2.56. The third-order valence-corrected chi connectivity index (χ3v) is 11.2. The zero-order valence-electron chi connectivity index (χ0n) is 32.8. The molecule has 1 saturated carbocycles. The van der Waals surface area contributed by atoms with E-state index in [1.807, 2.05) is 0 Å². The molecule has 0 aliphatic heterocycles. The first-order chi connectivity index (χ1) is 23.6. The Labute approximate surface area is 299 Å². The predicted octanol–water partition coefficient (Wildman–Crippen LogP) is 10.2. The van der Waals surface area contributed by atoms with Gasteiger partial charge < -0.3 is 18.9 Å². The normalized spacial score (nSPS) is 21.4. The van der Waals surface area contributed by atoms with Crippen molar-refractivity contribution in [3.05, 3.63) is 0 Å². The molecule has 0 aromatic carbocycles. The quantitative estimate of drug-likeness (QED) is 0.0453. The minimum atomic E-state index is -2.18. The van der Waals surface area contributed by atoms with E-state index in [2.05, 4.69) is 55.4 Å². The Morgan fingerprint density at radius 2 is 0.653 bits per heavy atom. The van der Waals surface area contributed by atoms with Gasteiger partial charge in [0, 0.05) is 0 Å². The molecule has 4 atom stereocenters. The number of ether oxygens (including phenoxy) is 4. The first-order valence-corrected chi connectivity index (χ1v) is 20.3. The van der Waals surface area contributed by atoms with Gasteiger partial charge in [-0.25, -0.2) is 0 Å². The van der Waals surface area contributed by atoms with E-state index in [1.165, 1.54) is 0 Å². The van der Waals surface area contributed by atoms with Gasteiger partial charge >= 0.3 is 23.9 Å². The van der Waals surface area contributed by atoms with Crippen LogP contribution in [0.25, 0.3) is 0 Å². The zero-order chi connectivity index (χ0) is 36.7. The highest BCUT2D eigenvalue weighted by Gasteiger charge is 2.75. The van der Waals surface area contributed by atoms with Gasteiger partial charge in [-0.1, -0.05) is 132 Å². The summed E-state index contributed by atoms with van der Waals surface area (Å²) < 4.78 is 24.0. The Balaban J connectivity index is 3.70. The average molecular weight is 695 g/mol. The number of unbranched alkanes of at least 4 members (excludes halogenated alkanes) is 4. The first-order valence-electron chi connectivity index (χ1n) is 20.3. The first kappa shape index (κ1) is 44.9. The molecule has 8 nitrogen and oxygen atoms in total. The number of carbonyl (C=O) groups is 4. The van der Waals surface area contributed by atoms with E-state index >= 15 is 0 Å². The maximum Gasteiger partial charge on any atom is 0.325 e. The van der Waals surface area contributed by atoms with Crippen LogP contribution in [0.15, 0.2) is 0 Å². The van der Waals surface area contributed by atoms with Crippen LogP contribution in [0.2, 0.25) is 0 Å². The van der Waals surface area contributed by atoms with Crippen molar-refractivity contribution in [1.82, 2.24) is 0 Å². The van der Waals surface area contributed by atoms with E-state index in [4.69, 9.17) is 18.9 Å². The van der Waals surface area contributed by atoms with Crippen molar-refractivity contribution >= 4 is 23.9 Å². The van der Waals surface area contributed by atoms with Crippen LogP contribution < -0.4 is 0 Å². The molecular formula is C41H74O8. The van der Waals surface area contributed by atoms with Crippen molar-refractivity contribution in [2.45, 2.75) is 177 Å². The van der Waals surface area contributed by atoms with E-state index in [0.717, 1.165) is 103 Å². The lowest BCUT2D eigenvalue weighted by Gasteiger charge is -2.39. The number of esters is 4. The lowest BCUT2D eigenvalue weighted by molar-refractivity contribution is -0.202. The molecule has 0 amide bonds. The second kappa shape index (κ2) is 24.9. The van der Waals surface area contributed by atoms with Crippen LogP contribution in [-0.4, -0.2) is 50.3 Å². The fourth-order valence-corrected chi connectivity index (χ4v) is 7.18. The van der Waals surface area contributed by atoms with E-state index in [0.29, 0.717) is 0 Å². The Morgan fingerprint density at radius 3 is 0.837 bits per heavy atom. The van der Waals surface area contributed by atoms with Gasteiger partial charge in [-0.2, -0.15) is 0 Å². The molecule has 286 valence electrons. The molecule has 4 unspecified atom stereocenters. The van der Waals surface area contributed by atoms with E-state index in [9.17, 15) is 19.2 Å². The molecule has 0 spiro atoms. The number of hydrogen-bond donors (Lipinski definition) is 0. The van der Waals surface area contributed by atoms with Gasteiger partial charge in [0.1, 0.15) is 0 Å². The summed E-state index contributed by atoms with van der Waals surface area (Å²) in [5.74, 6) is -3.02. The van der Waals surface area contributed by atoms with Crippen LogP contribution >= 0.6 is 0 Å². The monoisotopic (exact) mass is 695 g/mol. The number of carbonyl (C=O) groups excluding carboxylic acids is 4. The Bertz CT molecular complexity index is 808. The van der Waals surface area contributed by atoms with E-state index < -0.39 is 34.7 Å². The summed E-state index contributed by atoms with van der Waals surface area (Å²) in [6.45, 7) is 17.2. The van der Waals surface area contributed by atoms with Gasteiger partial charge in [-0.15, -0.1) is 0 Å². The summed E-state index contributed by atoms with van der Waals surface area (Å²) in [5, 5.41) is 0. The van der Waals surface area contributed by atoms with Crippen LogP contribution in [0.1, 0.15) is 177 Å². The summed E-state index contributed by atoms with van der Waals surface area (Å²) in [6.07, 6.45) is 15.0. The molecule has 0 bridgehead atoms. The van der Waals surface area contributed by atoms with Gasteiger partial charge in [-0.3, -0.25) is 19.2 Å². The van der Waals surface area contributed by atoms with Crippen LogP contribution in [0.3, 0.4) is 0 Å². The van der Waals surface area contributed by atoms with Crippen molar-refractivity contribution in [3.63, 3.8) is 0 Å². The lowest BCUT2D eigenvalue weighted by Crippen LogP contribution is -2.60. The molecule has 8 heteroatoms. The molecular weight excluding hydrogens is 620 g/mol. The Kier molecular flexibility index (Phi) is 22.8. The summed E-state index contributed by atoms with van der Waals surface area (Å²) >= 11 is 0. The fraction of sp³-hybridized carbons (Fsp3) is 0.902. The second-order valence-electron chi connectivity index (χ2n) is 14.7. The van der Waals surface area contributed by atoms with Crippen LogP contribution in [0, 0.1) is 34.5 Å². The molecule has 1 aliphatic carbocycles. The molecule has 0 radical (unpaired) electrons. The van der Waals surface area contributed by atoms with Crippen molar-refractivity contribution in [1.29, 1.82) is 0 Å². The summed E-state index contributed by atoms with van der Waals surface area (Å²) in [5.41, 5.74) is -4.35. The van der Waals surface area contributed by atoms with Gasteiger partial charge in [-0.05, 0) is 68.6 Å². The summed E-state index contributed by atoms with van der Waals surface area (Å²) in [4.78, 5) is 58.2. The molecule has 49 heavy (non-hydrogen) atoms. The average Bonchev–Trinajstić information content (AvgIpc) is 3.54. The van der Waals surface area contributed by atoms with Crippen molar-refractivity contribution < 1.29 is 38.1 Å². The Morgan fingerprint density at radius 1 is 0.429 bits per heavy atom. The topological polar surface area (TPSA) is 105 Å². The highest BCUT2D eigenvalue weighted by atomic mass is 16.6. The second-order valence-corrected chi connectivity index (χ2v) is 14.7. The summed E-state index contributed by atoms with van der Waals surface area (Å²) in [6, 6.07) is 0. The molecule has 0 aromatic rings. The van der Waals surface area contributed by atoms with Gasteiger partial charge in [0.25, 0.3) is 0 Å². The van der Waals surface area contributed by atoms with Crippen LogP contribution in [0.4, 0.5) is 0 Å². The maximum atomic E-state index is 14.5. The molecule has 0 heterocycles.